The number of pyridine rings is 1. The second-order valence-corrected chi connectivity index (χ2v) is 10.9. The predicted octanol–water partition coefficient (Wildman–Crippen LogP) is 4.47. The Kier molecular flexibility index (Phi) is 8.15. The minimum atomic E-state index is -0.118. The first kappa shape index (κ1) is 25.7. The molecule has 2 aromatic rings. The molecular weight excluding hydrogens is 438 g/mol. The van der Waals surface area contributed by atoms with Crippen molar-refractivity contribution in [1.82, 2.24) is 24.5 Å². The van der Waals surface area contributed by atoms with Crippen molar-refractivity contribution in [1.29, 1.82) is 0 Å². The molecule has 2 aromatic heterocycles. The molecule has 0 aliphatic heterocycles. The zero-order valence-electron chi connectivity index (χ0n) is 22.1. The van der Waals surface area contributed by atoms with Gasteiger partial charge in [-0.3, -0.25) is 14.0 Å². The Balaban J connectivity index is 1.45. The van der Waals surface area contributed by atoms with Gasteiger partial charge in [-0.25, -0.2) is 4.98 Å². The van der Waals surface area contributed by atoms with E-state index < -0.39 is 0 Å². The molecule has 2 aliphatic carbocycles. The SMILES string of the molecule is CCC1CC2CCCC(CNC(=O)c3cccc4nc(C(=O)N(C)CCN(CC)CC)cn34)(C1)C2. The van der Waals surface area contributed by atoms with Crippen LogP contribution in [-0.4, -0.2) is 70.8 Å². The first-order valence-corrected chi connectivity index (χ1v) is 13.6. The Morgan fingerprint density at radius 1 is 1.17 bits per heavy atom. The lowest BCUT2D eigenvalue weighted by Gasteiger charge is -2.48. The first-order valence-electron chi connectivity index (χ1n) is 13.6. The maximum Gasteiger partial charge on any atom is 0.273 e. The van der Waals surface area contributed by atoms with Gasteiger partial charge in [0.05, 0.1) is 0 Å². The smallest absolute Gasteiger partial charge is 0.273 e. The topological polar surface area (TPSA) is 70.0 Å². The third-order valence-electron chi connectivity index (χ3n) is 8.57. The first-order chi connectivity index (χ1) is 16.9. The fourth-order valence-corrected chi connectivity index (χ4v) is 6.47. The number of hydrogen-bond donors (Lipinski definition) is 1. The normalized spacial score (nSPS) is 24.0. The molecule has 192 valence electrons. The molecule has 3 atom stereocenters. The van der Waals surface area contributed by atoms with Gasteiger partial charge in [0.15, 0.2) is 0 Å². The highest BCUT2D eigenvalue weighted by Crippen LogP contribution is 2.51. The van der Waals surface area contributed by atoms with Crippen LogP contribution in [0, 0.1) is 17.3 Å². The summed E-state index contributed by atoms with van der Waals surface area (Å²) in [6, 6.07) is 5.51. The van der Waals surface area contributed by atoms with Crippen LogP contribution < -0.4 is 5.32 Å². The van der Waals surface area contributed by atoms with E-state index in [2.05, 4.69) is 36.0 Å². The number of nitrogens with one attached hydrogen (secondary N) is 1. The summed E-state index contributed by atoms with van der Waals surface area (Å²) in [6.07, 6.45) is 10.6. The van der Waals surface area contributed by atoms with Gasteiger partial charge < -0.3 is 15.1 Å². The Labute approximate surface area is 210 Å². The molecule has 0 radical (unpaired) electrons. The second-order valence-electron chi connectivity index (χ2n) is 10.9. The minimum absolute atomic E-state index is 0.0861. The van der Waals surface area contributed by atoms with E-state index in [1.807, 2.05) is 25.2 Å². The van der Waals surface area contributed by atoms with Crippen molar-refractivity contribution in [2.75, 3.05) is 39.8 Å². The van der Waals surface area contributed by atoms with Crippen LogP contribution in [-0.2, 0) is 0 Å². The van der Waals surface area contributed by atoms with Gasteiger partial charge in [-0.15, -0.1) is 0 Å². The highest BCUT2D eigenvalue weighted by Gasteiger charge is 2.42. The van der Waals surface area contributed by atoms with Crippen LogP contribution in [0.4, 0.5) is 0 Å². The number of fused-ring (bicyclic) bond motifs is 3. The van der Waals surface area contributed by atoms with Crippen LogP contribution in [0.25, 0.3) is 5.65 Å². The molecular formula is C28H43N5O2. The third kappa shape index (κ3) is 5.71. The van der Waals surface area contributed by atoms with E-state index in [0.717, 1.165) is 38.0 Å². The summed E-state index contributed by atoms with van der Waals surface area (Å²) in [5.41, 5.74) is 1.78. The van der Waals surface area contributed by atoms with Crippen LogP contribution in [0.3, 0.4) is 0 Å². The van der Waals surface area contributed by atoms with Crippen LogP contribution in [0.15, 0.2) is 24.4 Å². The number of imidazole rings is 1. The van der Waals surface area contributed by atoms with Gasteiger partial charge in [0.2, 0.25) is 0 Å². The molecule has 2 saturated carbocycles. The van der Waals surface area contributed by atoms with Crippen molar-refractivity contribution in [3.05, 3.63) is 35.8 Å². The zero-order chi connectivity index (χ0) is 25.0. The van der Waals surface area contributed by atoms with Gasteiger partial charge in [0.25, 0.3) is 11.8 Å². The molecule has 7 heteroatoms. The zero-order valence-corrected chi connectivity index (χ0v) is 22.1. The van der Waals surface area contributed by atoms with Crippen molar-refractivity contribution in [3.63, 3.8) is 0 Å². The van der Waals surface area contributed by atoms with E-state index in [9.17, 15) is 9.59 Å². The maximum atomic E-state index is 13.3. The summed E-state index contributed by atoms with van der Waals surface area (Å²) < 4.78 is 1.76. The molecule has 2 bridgehead atoms. The summed E-state index contributed by atoms with van der Waals surface area (Å²) in [7, 11) is 1.81. The van der Waals surface area contributed by atoms with Gasteiger partial charge in [-0.05, 0) is 68.2 Å². The molecule has 1 N–H and O–H groups in total. The maximum absolute atomic E-state index is 13.3. The highest BCUT2D eigenvalue weighted by atomic mass is 16.2. The molecule has 2 heterocycles. The van der Waals surface area contributed by atoms with Crippen LogP contribution >= 0.6 is 0 Å². The van der Waals surface area contributed by atoms with E-state index in [-0.39, 0.29) is 17.2 Å². The van der Waals surface area contributed by atoms with Crippen molar-refractivity contribution in [3.8, 4) is 0 Å². The van der Waals surface area contributed by atoms with Crippen molar-refractivity contribution in [2.45, 2.75) is 65.7 Å². The van der Waals surface area contributed by atoms with E-state index in [1.165, 1.54) is 44.9 Å². The van der Waals surface area contributed by atoms with Crippen molar-refractivity contribution < 1.29 is 9.59 Å². The number of carbonyl (C=O) groups excluding carboxylic acids is 2. The predicted molar refractivity (Wildman–Crippen MR) is 140 cm³/mol. The average Bonchev–Trinajstić information content (AvgIpc) is 3.31. The van der Waals surface area contributed by atoms with Gasteiger partial charge >= 0.3 is 0 Å². The molecule has 3 unspecified atom stereocenters. The van der Waals surface area contributed by atoms with Crippen molar-refractivity contribution in [2.24, 2.45) is 17.3 Å². The number of aromatic nitrogens is 2. The van der Waals surface area contributed by atoms with Crippen LogP contribution in [0.2, 0.25) is 0 Å². The molecule has 2 fully saturated rings. The Morgan fingerprint density at radius 3 is 2.71 bits per heavy atom. The lowest BCUT2D eigenvalue weighted by atomic mass is 9.58. The lowest BCUT2D eigenvalue weighted by molar-refractivity contribution is 0.0368. The van der Waals surface area contributed by atoms with Gasteiger partial charge in [-0.2, -0.15) is 0 Å². The second kappa shape index (κ2) is 11.1. The van der Waals surface area contributed by atoms with E-state index in [0.29, 0.717) is 23.6 Å². The molecule has 4 rings (SSSR count). The summed E-state index contributed by atoms with van der Waals surface area (Å²) in [5, 5.41) is 3.27. The highest BCUT2D eigenvalue weighted by molar-refractivity contribution is 5.95. The standard InChI is InChI=1S/C28H43N5O2/c1-5-21-16-22-10-9-13-28(17-21,18-22)20-29-26(34)24-11-8-12-25-30-23(19-33(24)25)27(35)31(4)14-15-32(6-2)7-3/h8,11-12,19,21-22H,5-7,9-10,13-18,20H2,1-4H3,(H,29,34). The fraction of sp³-hybridized carbons (Fsp3) is 0.679. The number of amides is 2. The number of likely N-dealkylation sites (N-methyl/N-ethyl adjacent to an activating group) is 2. The van der Waals surface area contributed by atoms with Crippen molar-refractivity contribution >= 4 is 17.5 Å². The monoisotopic (exact) mass is 481 g/mol. The molecule has 0 spiro atoms. The molecule has 2 aliphatic rings. The van der Waals surface area contributed by atoms with Gasteiger partial charge in [0.1, 0.15) is 17.0 Å². The van der Waals surface area contributed by atoms with Gasteiger partial charge in [0, 0.05) is 32.9 Å². The Bertz CT molecular complexity index is 1030. The average molecular weight is 482 g/mol. The molecule has 0 saturated heterocycles. The number of rotatable bonds is 10. The summed E-state index contributed by atoms with van der Waals surface area (Å²) in [6.45, 7) is 10.7. The Morgan fingerprint density at radius 2 is 1.97 bits per heavy atom. The lowest BCUT2D eigenvalue weighted by Crippen LogP contribution is -2.45. The van der Waals surface area contributed by atoms with Gasteiger partial charge in [-0.1, -0.05) is 46.1 Å². The van der Waals surface area contributed by atoms with Crippen LogP contribution in [0.1, 0.15) is 86.7 Å². The molecule has 2 amide bonds. The third-order valence-corrected chi connectivity index (χ3v) is 8.57. The van der Waals surface area contributed by atoms with Crippen LogP contribution in [0.5, 0.6) is 0 Å². The largest absolute Gasteiger partial charge is 0.350 e. The number of carbonyl (C=O) groups is 2. The van der Waals surface area contributed by atoms with E-state index in [1.54, 1.807) is 15.5 Å². The summed E-state index contributed by atoms with van der Waals surface area (Å²) in [5.74, 6) is 1.41. The fourth-order valence-electron chi connectivity index (χ4n) is 6.47. The number of nitrogens with zero attached hydrogens (tertiary/aromatic N) is 4. The number of hydrogen-bond acceptors (Lipinski definition) is 4. The molecule has 7 nitrogen and oxygen atoms in total. The quantitative estimate of drug-likeness (QED) is 0.543. The Hall–Kier alpha value is -2.41. The summed E-state index contributed by atoms with van der Waals surface area (Å²) >= 11 is 0. The molecule has 35 heavy (non-hydrogen) atoms. The van der Waals surface area contributed by atoms with E-state index >= 15 is 0 Å². The minimum Gasteiger partial charge on any atom is -0.350 e. The van der Waals surface area contributed by atoms with E-state index in [4.69, 9.17) is 0 Å². The molecule has 0 aromatic carbocycles. The summed E-state index contributed by atoms with van der Waals surface area (Å²) in [4.78, 5) is 34.9.